The Balaban J connectivity index is 2.53. The molecule has 92 valence electrons. The molecule has 0 spiro atoms. The maximum atomic E-state index is 6.25. The van der Waals surface area contributed by atoms with Gasteiger partial charge in [-0.25, -0.2) is 0 Å². The first kappa shape index (κ1) is 13.2. The van der Waals surface area contributed by atoms with Crippen molar-refractivity contribution in [2.45, 2.75) is 38.3 Å². The molecule has 0 radical (unpaired) electrons. The van der Waals surface area contributed by atoms with Crippen LogP contribution in [-0.2, 0) is 13.5 Å². The molecular weight excluding hydrogens is 200 g/mol. The molecule has 0 saturated carbocycles. The Morgan fingerprint density at radius 3 is 2.56 bits per heavy atom. The van der Waals surface area contributed by atoms with Gasteiger partial charge in [0.05, 0.1) is 0 Å². The molecule has 1 aromatic rings. The van der Waals surface area contributed by atoms with Crippen molar-refractivity contribution >= 4 is 0 Å². The molecule has 0 fully saturated rings. The smallest absolute Gasteiger partial charge is 0.0492 e. The molecule has 1 atom stereocenters. The summed E-state index contributed by atoms with van der Waals surface area (Å²) in [7, 11) is 6.12. The first-order chi connectivity index (χ1) is 7.35. The van der Waals surface area contributed by atoms with E-state index in [2.05, 4.69) is 44.0 Å². The summed E-state index contributed by atoms with van der Waals surface area (Å²) in [5.41, 5.74) is 7.51. The normalized spacial score (nSPS) is 14.4. The fraction of sp³-hybridized carbons (Fsp3) is 0.750. The molecule has 4 nitrogen and oxygen atoms in total. The van der Waals surface area contributed by atoms with Crippen molar-refractivity contribution < 1.29 is 0 Å². The zero-order chi connectivity index (χ0) is 12.3. The monoisotopic (exact) mass is 224 g/mol. The highest BCUT2D eigenvalue weighted by molar-refractivity contribution is 5.01. The lowest BCUT2D eigenvalue weighted by atomic mass is 9.90. The van der Waals surface area contributed by atoms with Crippen molar-refractivity contribution in [3.63, 3.8) is 0 Å². The molecule has 0 aromatic carbocycles. The van der Waals surface area contributed by atoms with Gasteiger partial charge in [0, 0.05) is 30.5 Å². The average molecular weight is 224 g/mol. The summed E-state index contributed by atoms with van der Waals surface area (Å²) in [4.78, 5) is 2.18. The lowest BCUT2D eigenvalue weighted by Crippen LogP contribution is -2.53. The maximum Gasteiger partial charge on any atom is 0.0492 e. The average Bonchev–Trinajstić information content (AvgIpc) is 2.60. The summed E-state index contributed by atoms with van der Waals surface area (Å²) in [6.45, 7) is 4.36. The minimum atomic E-state index is 0.0264. The summed E-state index contributed by atoms with van der Waals surface area (Å²) in [6.07, 6.45) is 3.79. The topological polar surface area (TPSA) is 47.1 Å². The molecule has 1 aromatic heterocycles. The van der Waals surface area contributed by atoms with Crippen LogP contribution < -0.4 is 5.73 Å². The standard InChI is InChI=1S/C12H24N4/c1-12(2,15(3)4)11(13)7-6-10-8-9-14-16(10)5/h8-9,11H,6-7,13H2,1-5H3. The van der Waals surface area contributed by atoms with E-state index in [9.17, 15) is 0 Å². The van der Waals surface area contributed by atoms with E-state index in [0.717, 1.165) is 12.8 Å². The number of aromatic nitrogens is 2. The third kappa shape index (κ3) is 2.83. The Bertz CT molecular complexity index is 328. The summed E-state index contributed by atoms with van der Waals surface area (Å²) >= 11 is 0. The van der Waals surface area contributed by atoms with Crippen molar-refractivity contribution in [2.75, 3.05) is 14.1 Å². The lowest BCUT2D eigenvalue weighted by Gasteiger charge is -2.38. The van der Waals surface area contributed by atoms with Crippen LogP contribution in [0.3, 0.4) is 0 Å². The predicted molar refractivity (Wildman–Crippen MR) is 67.3 cm³/mol. The number of hydrogen-bond acceptors (Lipinski definition) is 3. The van der Waals surface area contributed by atoms with Crippen LogP contribution in [0.2, 0.25) is 0 Å². The van der Waals surface area contributed by atoms with Crippen LogP contribution in [0, 0.1) is 0 Å². The zero-order valence-corrected chi connectivity index (χ0v) is 11.1. The van der Waals surface area contributed by atoms with E-state index in [-0.39, 0.29) is 11.6 Å². The quantitative estimate of drug-likeness (QED) is 0.812. The van der Waals surface area contributed by atoms with Gasteiger partial charge in [-0.05, 0) is 46.9 Å². The molecule has 2 N–H and O–H groups in total. The van der Waals surface area contributed by atoms with E-state index in [1.54, 1.807) is 0 Å². The van der Waals surface area contributed by atoms with Crippen LogP contribution in [0.1, 0.15) is 26.0 Å². The fourth-order valence-electron chi connectivity index (χ4n) is 1.63. The largest absolute Gasteiger partial charge is 0.326 e. The highest BCUT2D eigenvalue weighted by atomic mass is 15.3. The molecule has 0 aliphatic carbocycles. The number of hydrogen-bond donors (Lipinski definition) is 1. The third-order valence-electron chi connectivity index (χ3n) is 3.69. The number of likely N-dealkylation sites (N-methyl/N-ethyl adjacent to an activating group) is 1. The number of nitrogens with zero attached hydrogens (tertiary/aromatic N) is 3. The highest BCUT2D eigenvalue weighted by Crippen LogP contribution is 2.18. The molecule has 16 heavy (non-hydrogen) atoms. The molecule has 4 heteroatoms. The first-order valence-electron chi connectivity index (χ1n) is 5.75. The molecule has 0 aliphatic rings. The highest BCUT2D eigenvalue weighted by Gasteiger charge is 2.28. The molecule has 0 saturated heterocycles. The maximum absolute atomic E-state index is 6.25. The van der Waals surface area contributed by atoms with Crippen LogP contribution in [0.5, 0.6) is 0 Å². The summed E-state index contributed by atoms with van der Waals surface area (Å²) in [5.74, 6) is 0. The minimum absolute atomic E-state index is 0.0264. The van der Waals surface area contributed by atoms with Crippen molar-refractivity contribution in [1.29, 1.82) is 0 Å². The van der Waals surface area contributed by atoms with Crippen molar-refractivity contribution in [1.82, 2.24) is 14.7 Å². The second kappa shape index (κ2) is 4.97. The molecule has 0 bridgehead atoms. The van der Waals surface area contributed by atoms with E-state index in [1.807, 2.05) is 17.9 Å². The van der Waals surface area contributed by atoms with Crippen LogP contribution in [0.4, 0.5) is 0 Å². The van der Waals surface area contributed by atoms with Gasteiger partial charge in [0.2, 0.25) is 0 Å². The zero-order valence-electron chi connectivity index (χ0n) is 11.1. The van der Waals surface area contributed by atoms with E-state index < -0.39 is 0 Å². The Labute approximate surface area is 98.4 Å². The Morgan fingerprint density at radius 1 is 1.50 bits per heavy atom. The van der Waals surface area contributed by atoms with Crippen LogP contribution in [0.15, 0.2) is 12.3 Å². The summed E-state index contributed by atoms with van der Waals surface area (Å²) in [5, 5.41) is 4.16. The van der Waals surface area contributed by atoms with E-state index in [1.165, 1.54) is 5.69 Å². The van der Waals surface area contributed by atoms with Gasteiger partial charge in [-0.1, -0.05) is 0 Å². The van der Waals surface area contributed by atoms with Crippen LogP contribution in [0.25, 0.3) is 0 Å². The summed E-state index contributed by atoms with van der Waals surface area (Å²) in [6, 6.07) is 2.22. The van der Waals surface area contributed by atoms with Gasteiger partial charge >= 0.3 is 0 Å². The van der Waals surface area contributed by atoms with Crippen molar-refractivity contribution in [3.8, 4) is 0 Å². The van der Waals surface area contributed by atoms with Crippen LogP contribution in [-0.4, -0.2) is 40.4 Å². The Kier molecular flexibility index (Phi) is 4.10. The van der Waals surface area contributed by atoms with Gasteiger partial charge in [-0.3, -0.25) is 4.68 Å². The Hall–Kier alpha value is -0.870. The van der Waals surface area contributed by atoms with Gasteiger partial charge < -0.3 is 10.6 Å². The number of aryl methyl sites for hydroxylation is 2. The molecular formula is C12H24N4. The number of rotatable bonds is 5. The number of nitrogens with two attached hydrogens (primary N) is 1. The second-order valence-corrected chi connectivity index (χ2v) is 5.14. The first-order valence-corrected chi connectivity index (χ1v) is 5.75. The van der Waals surface area contributed by atoms with Crippen LogP contribution >= 0.6 is 0 Å². The van der Waals surface area contributed by atoms with Gasteiger partial charge in [0.15, 0.2) is 0 Å². The third-order valence-corrected chi connectivity index (χ3v) is 3.69. The van der Waals surface area contributed by atoms with Gasteiger partial charge in [-0.15, -0.1) is 0 Å². The van der Waals surface area contributed by atoms with Gasteiger partial charge in [0.1, 0.15) is 0 Å². The fourth-order valence-corrected chi connectivity index (χ4v) is 1.63. The minimum Gasteiger partial charge on any atom is -0.326 e. The van der Waals surface area contributed by atoms with Crippen molar-refractivity contribution in [2.24, 2.45) is 12.8 Å². The van der Waals surface area contributed by atoms with E-state index in [0.29, 0.717) is 0 Å². The molecule has 1 unspecified atom stereocenters. The second-order valence-electron chi connectivity index (χ2n) is 5.14. The molecule has 0 aliphatic heterocycles. The lowest BCUT2D eigenvalue weighted by molar-refractivity contribution is 0.153. The Morgan fingerprint density at radius 2 is 2.12 bits per heavy atom. The molecule has 1 rings (SSSR count). The van der Waals surface area contributed by atoms with Gasteiger partial charge in [0.25, 0.3) is 0 Å². The molecule has 1 heterocycles. The van der Waals surface area contributed by atoms with Crippen molar-refractivity contribution in [3.05, 3.63) is 18.0 Å². The van der Waals surface area contributed by atoms with Gasteiger partial charge in [-0.2, -0.15) is 5.10 Å². The SMILES string of the molecule is CN(C)C(C)(C)C(N)CCc1ccnn1C. The van der Waals surface area contributed by atoms with E-state index in [4.69, 9.17) is 5.73 Å². The predicted octanol–water partition coefficient (Wildman–Crippen LogP) is 1.02. The van der Waals surface area contributed by atoms with E-state index >= 15 is 0 Å². The summed E-state index contributed by atoms with van der Waals surface area (Å²) < 4.78 is 1.91. The molecule has 0 amide bonds.